The zero-order valence-corrected chi connectivity index (χ0v) is 11.1. The van der Waals surface area contributed by atoms with Crippen LogP contribution in [0.1, 0.15) is 28.3 Å². The highest BCUT2D eigenvalue weighted by molar-refractivity contribution is 5.60. The third-order valence-corrected chi connectivity index (χ3v) is 2.94. The van der Waals surface area contributed by atoms with Crippen LogP contribution in [-0.4, -0.2) is 9.66 Å². The van der Waals surface area contributed by atoms with Crippen molar-refractivity contribution in [1.82, 2.24) is 9.66 Å². The van der Waals surface area contributed by atoms with E-state index in [9.17, 15) is 5.26 Å². The summed E-state index contributed by atoms with van der Waals surface area (Å²) in [5, 5.41) is 9.22. The molecule has 2 aromatic heterocycles. The highest BCUT2D eigenvalue weighted by Crippen LogP contribution is 2.20. The van der Waals surface area contributed by atoms with E-state index >= 15 is 0 Å². The number of rotatable bonds is 2. The Morgan fingerprint density at radius 1 is 1.17 bits per heavy atom. The van der Waals surface area contributed by atoms with Gasteiger partial charge in [-0.25, -0.2) is 0 Å². The van der Waals surface area contributed by atoms with Gasteiger partial charge in [-0.05, 0) is 45.9 Å². The molecule has 0 aliphatic heterocycles. The molecule has 0 aliphatic carbocycles. The molecular weight excluding hydrogens is 224 g/mol. The minimum absolute atomic E-state index is 0.591. The van der Waals surface area contributed by atoms with Gasteiger partial charge in [-0.1, -0.05) is 0 Å². The number of aryl methyl sites for hydroxylation is 4. The molecule has 2 aromatic rings. The normalized spacial score (nSPS) is 10.2. The lowest BCUT2D eigenvalue weighted by atomic mass is 10.1. The van der Waals surface area contributed by atoms with Crippen molar-refractivity contribution in [3.8, 4) is 6.07 Å². The SMILES string of the molecule is Cc1cc(Nn2c(C)ccc2C)c(C#N)c(C)n1. The molecule has 0 unspecified atom stereocenters. The van der Waals surface area contributed by atoms with Gasteiger partial charge in [0.25, 0.3) is 0 Å². The topological polar surface area (TPSA) is 53.6 Å². The van der Waals surface area contributed by atoms with E-state index in [4.69, 9.17) is 0 Å². The predicted molar refractivity (Wildman–Crippen MR) is 71.4 cm³/mol. The van der Waals surface area contributed by atoms with Gasteiger partial charge in [0.15, 0.2) is 0 Å². The van der Waals surface area contributed by atoms with Crippen LogP contribution in [0.5, 0.6) is 0 Å². The maximum absolute atomic E-state index is 9.22. The molecule has 92 valence electrons. The zero-order chi connectivity index (χ0) is 13.3. The number of pyridine rings is 1. The molecule has 2 rings (SSSR count). The Balaban J connectivity index is 2.50. The van der Waals surface area contributed by atoms with Crippen LogP contribution >= 0.6 is 0 Å². The third-order valence-electron chi connectivity index (χ3n) is 2.94. The van der Waals surface area contributed by atoms with E-state index in [-0.39, 0.29) is 0 Å². The molecule has 0 amide bonds. The smallest absolute Gasteiger partial charge is 0.103 e. The zero-order valence-electron chi connectivity index (χ0n) is 11.1. The van der Waals surface area contributed by atoms with Crippen molar-refractivity contribution in [1.29, 1.82) is 5.26 Å². The van der Waals surface area contributed by atoms with Gasteiger partial charge in [-0.15, -0.1) is 0 Å². The summed E-state index contributed by atoms with van der Waals surface area (Å²) in [5.74, 6) is 0. The Kier molecular flexibility index (Phi) is 3.07. The van der Waals surface area contributed by atoms with E-state index < -0.39 is 0 Å². The molecule has 0 aromatic carbocycles. The van der Waals surface area contributed by atoms with Crippen molar-refractivity contribution < 1.29 is 0 Å². The minimum atomic E-state index is 0.591. The molecule has 0 bridgehead atoms. The lowest BCUT2D eigenvalue weighted by molar-refractivity contribution is 0.877. The summed E-state index contributed by atoms with van der Waals surface area (Å²) in [7, 11) is 0. The van der Waals surface area contributed by atoms with Crippen LogP contribution in [0.4, 0.5) is 5.69 Å². The van der Waals surface area contributed by atoms with Gasteiger partial charge in [-0.2, -0.15) is 5.26 Å². The first-order chi connectivity index (χ1) is 8.52. The molecule has 0 aliphatic rings. The number of aromatic nitrogens is 2. The molecule has 18 heavy (non-hydrogen) atoms. The lowest BCUT2D eigenvalue weighted by Gasteiger charge is -2.15. The van der Waals surface area contributed by atoms with Gasteiger partial charge in [0, 0.05) is 17.1 Å². The summed E-state index contributed by atoms with van der Waals surface area (Å²) in [6.07, 6.45) is 0. The first-order valence-corrected chi connectivity index (χ1v) is 5.83. The number of hydrogen-bond acceptors (Lipinski definition) is 3. The second-order valence-electron chi connectivity index (χ2n) is 4.45. The van der Waals surface area contributed by atoms with Gasteiger partial charge >= 0.3 is 0 Å². The molecule has 4 nitrogen and oxygen atoms in total. The van der Waals surface area contributed by atoms with E-state index in [1.165, 1.54) is 0 Å². The Labute approximate surface area is 107 Å². The molecular formula is C14H16N4. The molecule has 1 N–H and O–H groups in total. The van der Waals surface area contributed by atoms with Crippen LogP contribution in [0.25, 0.3) is 0 Å². The molecule has 0 atom stereocenters. The van der Waals surface area contributed by atoms with Crippen molar-refractivity contribution in [3.05, 3.63) is 46.5 Å². The first-order valence-electron chi connectivity index (χ1n) is 5.83. The van der Waals surface area contributed by atoms with Crippen LogP contribution in [-0.2, 0) is 0 Å². The van der Waals surface area contributed by atoms with Gasteiger partial charge in [0.05, 0.1) is 16.9 Å². The van der Waals surface area contributed by atoms with Gasteiger partial charge < -0.3 is 0 Å². The molecule has 0 spiro atoms. The summed E-state index contributed by atoms with van der Waals surface area (Å²) in [4.78, 5) is 4.31. The minimum Gasteiger partial charge on any atom is -0.293 e. The number of nitrogens with zero attached hydrogens (tertiary/aromatic N) is 3. The second-order valence-corrected chi connectivity index (χ2v) is 4.45. The van der Waals surface area contributed by atoms with Crippen LogP contribution in [0, 0.1) is 39.0 Å². The Morgan fingerprint density at radius 3 is 2.33 bits per heavy atom. The van der Waals surface area contributed by atoms with Crippen molar-refractivity contribution >= 4 is 5.69 Å². The highest BCUT2D eigenvalue weighted by atomic mass is 15.4. The molecule has 2 heterocycles. The number of nitrogens with one attached hydrogen (secondary N) is 1. The maximum atomic E-state index is 9.22. The number of nitriles is 1. The van der Waals surface area contributed by atoms with E-state index in [2.05, 4.69) is 16.5 Å². The van der Waals surface area contributed by atoms with Crippen molar-refractivity contribution in [2.75, 3.05) is 5.43 Å². The fraction of sp³-hybridized carbons (Fsp3) is 0.286. The van der Waals surface area contributed by atoms with Crippen LogP contribution in [0.3, 0.4) is 0 Å². The van der Waals surface area contributed by atoms with Crippen LogP contribution in [0.2, 0.25) is 0 Å². The largest absolute Gasteiger partial charge is 0.293 e. The maximum Gasteiger partial charge on any atom is 0.103 e. The Morgan fingerprint density at radius 2 is 1.78 bits per heavy atom. The van der Waals surface area contributed by atoms with Gasteiger partial charge in [-0.3, -0.25) is 15.1 Å². The van der Waals surface area contributed by atoms with E-state index in [1.54, 1.807) is 0 Å². The number of hydrogen-bond donors (Lipinski definition) is 1. The second kappa shape index (κ2) is 4.53. The Bertz CT molecular complexity index is 612. The monoisotopic (exact) mass is 240 g/mol. The fourth-order valence-corrected chi connectivity index (χ4v) is 2.02. The summed E-state index contributed by atoms with van der Waals surface area (Å²) in [6, 6.07) is 8.17. The van der Waals surface area contributed by atoms with E-state index in [0.29, 0.717) is 5.56 Å². The van der Waals surface area contributed by atoms with Crippen molar-refractivity contribution in [2.45, 2.75) is 27.7 Å². The fourth-order valence-electron chi connectivity index (χ4n) is 2.02. The van der Waals surface area contributed by atoms with E-state index in [1.807, 2.05) is 50.6 Å². The van der Waals surface area contributed by atoms with Gasteiger partial charge in [0.2, 0.25) is 0 Å². The summed E-state index contributed by atoms with van der Waals surface area (Å²) < 4.78 is 1.97. The van der Waals surface area contributed by atoms with Crippen LogP contribution in [0.15, 0.2) is 18.2 Å². The standard InChI is InChI=1S/C14H16N4/c1-9-7-14(13(8-15)12(4)16-9)17-18-10(2)5-6-11(18)3/h5-7H,1-4H3,(H,16,17). The predicted octanol–water partition coefficient (Wildman–Crippen LogP) is 2.86. The summed E-state index contributed by atoms with van der Waals surface area (Å²) in [6.45, 7) is 7.82. The lowest BCUT2D eigenvalue weighted by Crippen LogP contribution is -2.14. The van der Waals surface area contributed by atoms with E-state index in [0.717, 1.165) is 28.5 Å². The van der Waals surface area contributed by atoms with Crippen molar-refractivity contribution in [3.63, 3.8) is 0 Å². The average Bonchev–Trinajstić information content (AvgIpc) is 2.60. The van der Waals surface area contributed by atoms with Crippen molar-refractivity contribution in [2.24, 2.45) is 0 Å². The van der Waals surface area contributed by atoms with Gasteiger partial charge in [0.1, 0.15) is 6.07 Å². The molecule has 0 saturated heterocycles. The Hall–Kier alpha value is -2.28. The summed E-state index contributed by atoms with van der Waals surface area (Å²) in [5.41, 5.74) is 8.52. The van der Waals surface area contributed by atoms with Crippen LogP contribution < -0.4 is 5.43 Å². The quantitative estimate of drug-likeness (QED) is 0.878. The molecule has 0 fully saturated rings. The average molecular weight is 240 g/mol. The third kappa shape index (κ3) is 2.07. The summed E-state index contributed by atoms with van der Waals surface area (Å²) >= 11 is 0. The number of anilines is 1. The first kappa shape index (κ1) is 12.2. The molecule has 4 heteroatoms. The molecule has 0 saturated carbocycles. The highest BCUT2D eigenvalue weighted by Gasteiger charge is 2.09. The molecule has 0 radical (unpaired) electrons.